The summed E-state index contributed by atoms with van der Waals surface area (Å²) in [4.78, 5) is 14.6. The summed E-state index contributed by atoms with van der Waals surface area (Å²) in [5.74, 6) is 0.331. The second-order valence-electron chi connectivity index (χ2n) is 5.06. The van der Waals surface area contributed by atoms with Crippen LogP contribution in [0.15, 0.2) is 40.3 Å². The lowest BCUT2D eigenvalue weighted by Crippen LogP contribution is -2.57. The van der Waals surface area contributed by atoms with Gasteiger partial charge in [0, 0.05) is 18.0 Å². The lowest BCUT2D eigenvalue weighted by Gasteiger charge is -2.38. The van der Waals surface area contributed by atoms with Gasteiger partial charge in [-0.2, -0.15) is 0 Å². The molecule has 0 aromatic carbocycles. The Labute approximate surface area is 127 Å². The molecule has 2 aromatic heterocycles. The zero-order chi connectivity index (χ0) is 14.9. The van der Waals surface area contributed by atoms with E-state index in [1.807, 2.05) is 17.5 Å². The van der Waals surface area contributed by atoms with E-state index in [1.165, 1.54) is 17.6 Å². The number of hydrogen-bond donors (Lipinski definition) is 0. The maximum atomic E-state index is 12.2. The number of rotatable bonds is 5. The van der Waals surface area contributed by atoms with Gasteiger partial charge in [0.15, 0.2) is 9.84 Å². The number of sulfone groups is 1. The van der Waals surface area contributed by atoms with Crippen LogP contribution in [0.1, 0.15) is 10.6 Å². The molecule has 5 nitrogen and oxygen atoms in total. The van der Waals surface area contributed by atoms with E-state index in [4.69, 9.17) is 4.42 Å². The van der Waals surface area contributed by atoms with E-state index in [0.717, 1.165) is 4.88 Å². The molecular weight excluding hydrogens is 310 g/mol. The maximum Gasteiger partial charge on any atom is 0.227 e. The third kappa shape index (κ3) is 3.19. The van der Waals surface area contributed by atoms with E-state index in [9.17, 15) is 13.2 Å². The predicted molar refractivity (Wildman–Crippen MR) is 79.7 cm³/mol. The SMILES string of the molecule is O=C(Cc1cccs1)N1CC(S(=O)(=O)Cc2ccco2)C1. The molecule has 3 heterocycles. The van der Waals surface area contributed by atoms with Gasteiger partial charge >= 0.3 is 0 Å². The van der Waals surface area contributed by atoms with E-state index in [-0.39, 0.29) is 24.7 Å². The van der Waals surface area contributed by atoms with Crippen LogP contribution in [-0.4, -0.2) is 37.6 Å². The zero-order valence-corrected chi connectivity index (χ0v) is 12.9. The molecule has 3 rings (SSSR count). The third-order valence-electron chi connectivity index (χ3n) is 3.54. The summed E-state index contributed by atoms with van der Waals surface area (Å²) in [6.07, 6.45) is 1.81. The summed E-state index contributed by atoms with van der Waals surface area (Å²) >= 11 is 1.53. The Kier molecular flexibility index (Phi) is 3.86. The summed E-state index contributed by atoms with van der Waals surface area (Å²) in [5.41, 5.74) is 0. The fourth-order valence-corrected chi connectivity index (χ4v) is 4.56. The number of likely N-dealkylation sites (tertiary alicyclic amines) is 1. The molecule has 2 aromatic rings. The summed E-state index contributed by atoms with van der Waals surface area (Å²) < 4.78 is 29.4. The highest BCUT2D eigenvalue weighted by molar-refractivity contribution is 7.91. The van der Waals surface area contributed by atoms with Crippen LogP contribution in [0, 0.1) is 0 Å². The Morgan fingerprint density at radius 1 is 1.33 bits per heavy atom. The van der Waals surface area contributed by atoms with Crippen molar-refractivity contribution in [3.8, 4) is 0 Å². The van der Waals surface area contributed by atoms with E-state index in [1.54, 1.807) is 17.0 Å². The molecule has 112 valence electrons. The molecule has 1 fully saturated rings. The standard InChI is InChI=1S/C14H15NO4S2/c16-14(7-12-4-2-6-20-12)15-8-13(9-15)21(17,18)10-11-3-1-5-19-11/h1-6,13H,7-10H2. The minimum atomic E-state index is -3.26. The van der Waals surface area contributed by atoms with Crippen molar-refractivity contribution >= 4 is 27.1 Å². The molecular formula is C14H15NO4S2. The van der Waals surface area contributed by atoms with Crippen molar-refractivity contribution in [1.29, 1.82) is 0 Å². The summed E-state index contributed by atoms with van der Waals surface area (Å²) in [7, 11) is -3.26. The number of nitrogens with zero attached hydrogens (tertiary/aromatic N) is 1. The molecule has 1 saturated heterocycles. The molecule has 0 radical (unpaired) electrons. The van der Waals surface area contributed by atoms with Gasteiger partial charge in [-0.25, -0.2) is 8.42 Å². The Morgan fingerprint density at radius 2 is 2.14 bits per heavy atom. The lowest BCUT2D eigenvalue weighted by atomic mass is 10.2. The van der Waals surface area contributed by atoms with E-state index < -0.39 is 15.1 Å². The van der Waals surface area contributed by atoms with Gasteiger partial charge in [0.2, 0.25) is 5.91 Å². The van der Waals surface area contributed by atoms with E-state index >= 15 is 0 Å². The quantitative estimate of drug-likeness (QED) is 0.839. The fourth-order valence-electron chi connectivity index (χ4n) is 2.25. The summed E-state index contributed by atoms with van der Waals surface area (Å²) in [5, 5.41) is 1.45. The molecule has 0 aliphatic carbocycles. The largest absolute Gasteiger partial charge is 0.468 e. The molecule has 0 unspecified atom stereocenters. The number of thiophene rings is 1. The van der Waals surface area contributed by atoms with Gasteiger partial charge in [0.25, 0.3) is 0 Å². The van der Waals surface area contributed by atoms with Crippen LogP contribution in [0.5, 0.6) is 0 Å². The van der Waals surface area contributed by atoms with Crippen molar-refractivity contribution in [2.24, 2.45) is 0 Å². The molecule has 21 heavy (non-hydrogen) atoms. The maximum absolute atomic E-state index is 12.2. The Bertz CT molecular complexity index is 698. The van der Waals surface area contributed by atoms with Crippen molar-refractivity contribution in [3.05, 3.63) is 46.5 Å². The first-order valence-corrected chi connectivity index (χ1v) is 9.18. The van der Waals surface area contributed by atoms with Crippen LogP contribution in [0.2, 0.25) is 0 Å². The highest BCUT2D eigenvalue weighted by Gasteiger charge is 2.39. The number of furan rings is 1. The number of carbonyl (C=O) groups is 1. The number of hydrogen-bond acceptors (Lipinski definition) is 5. The van der Waals surface area contributed by atoms with Gasteiger partial charge in [0.05, 0.1) is 17.9 Å². The van der Waals surface area contributed by atoms with Gasteiger partial charge in [-0.1, -0.05) is 6.07 Å². The van der Waals surface area contributed by atoms with Gasteiger partial charge in [-0.15, -0.1) is 11.3 Å². The number of amides is 1. The molecule has 0 N–H and O–H groups in total. The first-order valence-electron chi connectivity index (χ1n) is 6.59. The molecule has 0 atom stereocenters. The normalized spacial score (nSPS) is 15.9. The first-order chi connectivity index (χ1) is 10.0. The first kappa shape index (κ1) is 14.3. The topological polar surface area (TPSA) is 67.6 Å². The second-order valence-corrected chi connectivity index (χ2v) is 8.38. The fraction of sp³-hybridized carbons (Fsp3) is 0.357. The smallest absolute Gasteiger partial charge is 0.227 e. The average molecular weight is 325 g/mol. The van der Waals surface area contributed by atoms with E-state index in [2.05, 4.69) is 0 Å². The van der Waals surface area contributed by atoms with Gasteiger partial charge in [0.1, 0.15) is 11.5 Å². The predicted octanol–water partition coefficient (Wildman–Crippen LogP) is 1.71. The van der Waals surface area contributed by atoms with Crippen molar-refractivity contribution in [2.75, 3.05) is 13.1 Å². The molecule has 0 saturated carbocycles. The summed E-state index contributed by atoms with van der Waals surface area (Å²) in [6.45, 7) is 0.570. The zero-order valence-electron chi connectivity index (χ0n) is 11.3. The minimum absolute atomic E-state index is 0.0121. The van der Waals surface area contributed by atoms with Crippen LogP contribution in [-0.2, 0) is 26.8 Å². The van der Waals surface area contributed by atoms with Crippen LogP contribution in [0.3, 0.4) is 0 Å². The van der Waals surface area contributed by atoms with Crippen molar-refractivity contribution in [2.45, 2.75) is 17.4 Å². The second kappa shape index (κ2) is 5.65. The Morgan fingerprint density at radius 3 is 2.76 bits per heavy atom. The molecule has 7 heteroatoms. The Balaban J connectivity index is 1.54. The van der Waals surface area contributed by atoms with E-state index in [0.29, 0.717) is 12.2 Å². The molecule has 1 aliphatic rings. The van der Waals surface area contributed by atoms with Crippen LogP contribution in [0.4, 0.5) is 0 Å². The average Bonchev–Trinajstić information content (AvgIpc) is 2.99. The van der Waals surface area contributed by atoms with Crippen molar-refractivity contribution in [1.82, 2.24) is 4.90 Å². The molecule has 0 bridgehead atoms. The summed E-state index contributed by atoms with van der Waals surface area (Å²) in [6, 6.07) is 7.13. The highest BCUT2D eigenvalue weighted by Crippen LogP contribution is 2.22. The number of carbonyl (C=O) groups excluding carboxylic acids is 1. The van der Waals surface area contributed by atoms with Crippen molar-refractivity contribution < 1.29 is 17.6 Å². The van der Waals surface area contributed by atoms with Gasteiger partial charge in [-0.05, 0) is 23.6 Å². The molecule has 1 amide bonds. The molecule has 1 aliphatic heterocycles. The lowest BCUT2D eigenvalue weighted by molar-refractivity contribution is -0.133. The monoisotopic (exact) mass is 325 g/mol. The van der Waals surface area contributed by atoms with Crippen LogP contribution < -0.4 is 0 Å². The van der Waals surface area contributed by atoms with Gasteiger partial charge < -0.3 is 9.32 Å². The third-order valence-corrected chi connectivity index (χ3v) is 6.41. The Hall–Kier alpha value is -1.60. The highest BCUT2D eigenvalue weighted by atomic mass is 32.2. The molecule has 0 spiro atoms. The van der Waals surface area contributed by atoms with Crippen LogP contribution in [0.25, 0.3) is 0 Å². The van der Waals surface area contributed by atoms with Gasteiger partial charge in [-0.3, -0.25) is 4.79 Å². The minimum Gasteiger partial charge on any atom is -0.468 e. The van der Waals surface area contributed by atoms with Crippen LogP contribution >= 0.6 is 11.3 Å². The van der Waals surface area contributed by atoms with Crippen molar-refractivity contribution in [3.63, 3.8) is 0 Å².